The Kier molecular flexibility index (Phi) is 3.23. The molecule has 2 nitrogen and oxygen atoms in total. The molecule has 1 heterocycles. The van der Waals surface area contributed by atoms with Crippen molar-refractivity contribution in [2.75, 3.05) is 0 Å². The van der Waals surface area contributed by atoms with Crippen LogP contribution in [0.1, 0.15) is 17.3 Å². The van der Waals surface area contributed by atoms with Crippen LogP contribution in [-0.4, -0.2) is 10.9 Å². The molecular formula is C21H17NO. The highest BCUT2D eigenvalue weighted by atomic mass is 16.1. The normalized spacial score (nSPS) is 11.2. The molecule has 112 valence electrons. The van der Waals surface area contributed by atoms with Crippen LogP contribution in [0.3, 0.4) is 0 Å². The van der Waals surface area contributed by atoms with Gasteiger partial charge in [-0.1, -0.05) is 48.5 Å². The average Bonchev–Trinajstić information content (AvgIpc) is 2.95. The number of aromatic nitrogens is 1. The molecule has 0 amide bonds. The molecule has 0 aliphatic rings. The van der Waals surface area contributed by atoms with E-state index in [4.69, 9.17) is 0 Å². The molecule has 0 saturated heterocycles. The first kappa shape index (κ1) is 13.8. The summed E-state index contributed by atoms with van der Waals surface area (Å²) in [7, 11) is 0. The second-order valence-corrected chi connectivity index (χ2v) is 5.73. The van der Waals surface area contributed by atoms with Gasteiger partial charge in [0.1, 0.15) is 6.29 Å². The Morgan fingerprint density at radius 2 is 1.52 bits per heavy atom. The molecule has 4 aromatic rings. The van der Waals surface area contributed by atoms with E-state index in [0.717, 1.165) is 18.4 Å². The van der Waals surface area contributed by atoms with Gasteiger partial charge >= 0.3 is 0 Å². The number of nitrogens with zero attached hydrogens (tertiary/aromatic N) is 1. The fraction of sp³-hybridized carbons (Fsp3) is 0.0952. The van der Waals surface area contributed by atoms with Gasteiger partial charge in [0.15, 0.2) is 0 Å². The molecule has 0 aliphatic heterocycles. The van der Waals surface area contributed by atoms with Crippen LogP contribution in [0.4, 0.5) is 0 Å². The number of hydrogen-bond acceptors (Lipinski definition) is 1. The summed E-state index contributed by atoms with van der Waals surface area (Å²) in [5, 5.41) is 2.56. The first-order valence-electron chi connectivity index (χ1n) is 7.88. The minimum absolute atomic E-state index is 0.706. The van der Waals surface area contributed by atoms with E-state index in [9.17, 15) is 4.79 Å². The highest BCUT2D eigenvalue weighted by Crippen LogP contribution is 2.32. The van der Waals surface area contributed by atoms with E-state index in [0.29, 0.717) is 5.56 Å². The van der Waals surface area contributed by atoms with Gasteiger partial charge in [-0.3, -0.25) is 4.79 Å². The van der Waals surface area contributed by atoms with Crippen LogP contribution in [-0.2, 0) is 6.54 Å². The van der Waals surface area contributed by atoms with Gasteiger partial charge < -0.3 is 4.57 Å². The van der Waals surface area contributed by atoms with Gasteiger partial charge in [-0.2, -0.15) is 0 Å². The molecule has 2 heteroatoms. The third-order valence-electron chi connectivity index (χ3n) is 4.47. The summed E-state index contributed by atoms with van der Waals surface area (Å²) in [5.74, 6) is 0. The number of rotatable bonds is 3. The van der Waals surface area contributed by atoms with E-state index in [1.807, 2.05) is 24.3 Å². The molecule has 3 aromatic carbocycles. The lowest BCUT2D eigenvalue weighted by Gasteiger charge is -2.05. The van der Waals surface area contributed by atoms with Gasteiger partial charge in [0.05, 0.1) is 0 Å². The monoisotopic (exact) mass is 299 g/mol. The topological polar surface area (TPSA) is 22.0 Å². The summed E-state index contributed by atoms with van der Waals surface area (Å²) in [5.41, 5.74) is 5.55. The Bertz CT molecular complexity index is 1010. The lowest BCUT2D eigenvalue weighted by Crippen LogP contribution is -1.92. The van der Waals surface area contributed by atoms with E-state index in [1.54, 1.807) is 0 Å². The molecule has 0 saturated carbocycles. The van der Waals surface area contributed by atoms with Crippen molar-refractivity contribution < 1.29 is 4.79 Å². The van der Waals surface area contributed by atoms with E-state index in [-0.39, 0.29) is 0 Å². The first-order valence-corrected chi connectivity index (χ1v) is 7.88. The van der Waals surface area contributed by atoms with Crippen molar-refractivity contribution in [3.8, 4) is 11.1 Å². The van der Waals surface area contributed by atoms with Crippen molar-refractivity contribution in [3.63, 3.8) is 0 Å². The summed E-state index contributed by atoms with van der Waals surface area (Å²) in [6.45, 7) is 3.13. The zero-order valence-electron chi connectivity index (χ0n) is 13.0. The number of aryl methyl sites for hydroxylation is 1. The molecule has 0 unspecified atom stereocenters. The van der Waals surface area contributed by atoms with Gasteiger partial charge in [-0.15, -0.1) is 0 Å². The standard InChI is InChI=1S/C21H17NO/c1-2-22-20-6-4-3-5-18(20)19-13-17(11-12-21(19)22)16-9-7-15(14-23)8-10-16/h3-14H,2H2,1H3. The Hall–Kier alpha value is -2.87. The second kappa shape index (κ2) is 5.40. The van der Waals surface area contributed by atoms with E-state index >= 15 is 0 Å². The van der Waals surface area contributed by atoms with Crippen molar-refractivity contribution in [3.05, 3.63) is 72.3 Å². The van der Waals surface area contributed by atoms with Crippen LogP contribution in [0.15, 0.2) is 66.7 Å². The summed E-state index contributed by atoms with van der Waals surface area (Å²) >= 11 is 0. The third-order valence-corrected chi connectivity index (χ3v) is 4.47. The fourth-order valence-electron chi connectivity index (χ4n) is 3.33. The molecule has 0 fully saturated rings. The quantitative estimate of drug-likeness (QED) is 0.471. The maximum Gasteiger partial charge on any atom is 0.150 e. The van der Waals surface area contributed by atoms with Gasteiger partial charge in [0.2, 0.25) is 0 Å². The molecule has 0 radical (unpaired) electrons. The van der Waals surface area contributed by atoms with Crippen molar-refractivity contribution in [2.24, 2.45) is 0 Å². The van der Waals surface area contributed by atoms with Crippen molar-refractivity contribution in [1.29, 1.82) is 0 Å². The summed E-state index contributed by atoms with van der Waals surface area (Å²) < 4.78 is 2.35. The zero-order valence-corrected chi connectivity index (χ0v) is 13.0. The number of fused-ring (bicyclic) bond motifs is 3. The van der Waals surface area contributed by atoms with Gasteiger partial charge in [-0.25, -0.2) is 0 Å². The van der Waals surface area contributed by atoms with Crippen LogP contribution in [0.5, 0.6) is 0 Å². The number of hydrogen-bond donors (Lipinski definition) is 0. The minimum Gasteiger partial charge on any atom is -0.341 e. The molecule has 0 aliphatic carbocycles. The zero-order chi connectivity index (χ0) is 15.8. The van der Waals surface area contributed by atoms with Gasteiger partial charge in [0.25, 0.3) is 0 Å². The van der Waals surface area contributed by atoms with Crippen molar-refractivity contribution in [1.82, 2.24) is 4.57 Å². The molecule has 1 aromatic heterocycles. The molecule has 0 atom stereocenters. The van der Waals surface area contributed by atoms with Crippen LogP contribution < -0.4 is 0 Å². The van der Waals surface area contributed by atoms with Crippen LogP contribution in [0.25, 0.3) is 32.9 Å². The number of aldehydes is 1. The third kappa shape index (κ3) is 2.15. The lowest BCUT2D eigenvalue weighted by atomic mass is 10.0. The molecule has 0 N–H and O–H groups in total. The predicted octanol–water partition coefficient (Wildman–Crippen LogP) is 5.29. The first-order chi connectivity index (χ1) is 11.3. The highest BCUT2D eigenvalue weighted by Gasteiger charge is 2.10. The minimum atomic E-state index is 0.706. The number of carbonyl (C=O) groups is 1. The van der Waals surface area contributed by atoms with E-state index in [1.165, 1.54) is 27.4 Å². The highest BCUT2D eigenvalue weighted by molar-refractivity contribution is 6.09. The Balaban J connectivity index is 1.96. The Labute approximate surface area is 135 Å². The van der Waals surface area contributed by atoms with Crippen LogP contribution in [0, 0.1) is 0 Å². The lowest BCUT2D eigenvalue weighted by molar-refractivity contribution is 0.112. The van der Waals surface area contributed by atoms with E-state index in [2.05, 4.69) is 54.0 Å². The Morgan fingerprint density at radius 1 is 0.826 bits per heavy atom. The predicted molar refractivity (Wildman–Crippen MR) is 95.9 cm³/mol. The smallest absolute Gasteiger partial charge is 0.150 e. The average molecular weight is 299 g/mol. The van der Waals surface area contributed by atoms with Crippen molar-refractivity contribution in [2.45, 2.75) is 13.5 Å². The summed E-state index contributed by atoms with van der Waals surface area (Å²) in [6, 6.07) is 22.9. The molecule has 0 spiro atoms. The Morgan fingerprint density at radius 3 is 2.26 bits per heavy atom. The fourth-order valence-corrected chi connectivity index (χ4v) is 3.33. The number of carbonyl (C=O) groups excluding carboxylic acids is 1. The van der Waals surface area contributed by atoms with Crippen LogP contribution >= 0.6 is 0 Å². The molecule has 4 rings (SSSR count). The van der Waals surface area contributed by atoms with Crippen LogP contribution in [0.2, 0.25) is 0 Å². The van der Waals surface area contributed by atoms with Crippen molar-refractivity contribution >= 4 is 28.1 Å². The number of benzene rings is 3. The molecule has 23 heavy (non-hydrogen) atoms. The van der Waals surface area contributed by atoms with Gasteiger partial charge in [-0.05, 0) is 36.2 Å². The maximum absolute atomic E-state index is 10.8. The number of para-hydroxylation sites is 1. The summed E-state index contributed by atoms with van der Waals surface area (Å²) in [4.78, 5) is 10.8. The SMILES string of the molecule is CCn1c2ccccc2c2cc(-c3ccc(C=O)cc3)ccc21. The second-order valence-electron chi connectivity index (χ2n) is 5.73. The molecule has 0 bridgehead atoms. The van der Waals surface area contributed by atoms with E-state index < -0.39 is 0 Å². The molecular weight excluding hydrogens is 282 g/mol. The largest absolute Gasteiger partial charge is 0.341 e. The van der Waals surface area contributed by atoms with Gasteiger partial charge in [0, 0.05) is 33.9 Å². The maximum atomic E-state index is 10.8. The summed E-state index contributed by atoms with van der Waals surface area (Å²) in [6.07, 6.45) is 0.877.